The van der Waals surface area contributed by atoms with Gasteiger partial charge in [-0.25, -0.2) is 4.39 Å². The third kappa shape index (κ3) is 2.18. The van der Waals surface area contributed by atoms with Crippen LogP contribution in [-0.4, -0.2) is 11.7 Å². The third-order valence-electron chi connectivity index (χ3n) is 1.63. The summed E-state index contributed by atoms with van der Waals surface area (Å²) in [5.41, 5.74) is 8.36. The van der Waals surface area contributed by atoms with Crippen LogP contribution in [0.5, 0.6) is 0 Å². The van der Waals surface area contributed by atoms with Crippen LogP contribution < -0.4 is 0 Å². The van der Waals surface area contributed by atoms with Gasteiger partial charge in [-0.2, -0.15) is 0 Å². The summed E-state index contributed by atoms with van der Waals surface area (Å²) >= 11 is 0. The van der Waals surface area contributed by atoms with Crippen molar-refractivity contribution in [3.05, 3.63) is 46.1 Å². The second-order valence-corrected chi connectivity index (χ2v) is 2.42. The zero-order valence-electron chi connectivity index (χ0n) is 6.76. The minimum Gasteiger partial charge on any atom is -0.396 e. The molecular formula is C8H8FN3O. The molecule has 5 heteroatoms. The molecule has 0 heterocycles. The quantitative estimate of drug-likeness (QED) is 0.433. The van der Waals surface area contributed by atoms with Gasteiger partial charge in [-0.1, -0.05) is 23.3 Å². The summed E-state index contributed by atoms with van der Waals surface area (Å²) in [6, 6.07) is 5.04. The number of azide groups is 1. The molecule has 13 heavy (non-hydrogen) atoms. The van der Waals surface area contributed by atoms with Crippen molar-refractivity contribution in [1.29, 1.82) is 0 Å². The van der Waals surface area contributed by atoms with E-state index in [4.69, 9.17) is 10.6 Å². The van der Waals surface area contributed by atoms with Gasteiger partial charge in [-0.15, -0.1) is 0 Å². The zero-order chi connectivity index (χ0) is 9.68. The van der Waals surface area contributed by atoms with E-state index >= 15 is 0 Å². The first-order chi connectivity index (χ1) is 6.29. The van der Waals surface area contributed by atoms with Crippen molar-refractivity contribution >= 4 is 0 Å². The fourth-order valence-electron chi connectivity index (χ4n) is 1.00. The molecule has 0 aromatic heterocycles. The van der Waals surface area contributed by atoms with Crippen LogP contribution in [0.15, 0.2) is 29.4 Å². The smallest absolute Gasteiger partial charge is 0.126 e. The largest absolute Gasteiger partial charge is 0.396 e. The maximum Gasteiger partial charge on any atom is 0.126 e. The van der Waals surface area contributed by atoms with Crippen LogP contribution >= 0.6 is 0 Å². The van der Waals surface area contributed by atoms with E-state index in [2.05, 4.69) is 10.0 Å². The lowest BCUT2D eigenvalue weighted by molar-refractivity contribution is 0.265. The normalized spacial score (nSPS) is 11.8. The molecule has 0 bridgehead atoms. The van der Waals surface area contributed by atoms with E-state index in [1.807, 2.05) is 0 Å². The van der Waals surface area contributed by atoms with E-state index < -0.39 is 18.5 Å². The first kappa shape index (κ1) is 9.51. The molecule has 1 N–H and O–H groups in total. The van der Waals surface area contributed by atoms with Crippen LogP contribution in [-0.2, 0) is 0 Å². The predicted molar refractivity (Wildman–Crippen MR) is 45.4 cm³/mol. The van der Waals surface area contributed by atoms with E-state index in [1.54, 1.807) is 6.07 Å². The lowest BCUT2D eigenvalue weighted by Crippen LogP contribution is -2.02. The van der Waals surface area contributed by atoms with Gasteiger partial charge in [0.05, 0.1) is 12.6 Å². The lowest BCUT2D eigenvalue weighted by Gasteiger charge is -2.07. The Morgan fingerprint density at radius 3 is 2.77 bits per heavy atom. The number of aliphatic hydroxyl groups excluding tert-OH is 1. The number of hydrogen-bond acceptors (Lipinski definition) is 2. The van der Waals surface area contributed by atoms with Gasteiger partial charge in [0, 0.05) is 4.91 Å². The average Bonchev–Trinajstić information content (AvgIpc) is 2.16. The molecule has 1 aromatic rings. The van der Waals surface area contributed by atoms with Crippen molar-refractivity contribution in [2.75, 3.05) is 6.61 Å². The zero-order valence-corrected chi connectivity index (χ0v) is 6.76. The second kappa shape index (κ2) is 4.45. The van der Waals surface area contributed by atoms with E-state index in [9.17, 15) is 4.39 Å². The SMILES string of the molecule is [N-]=[N+]=NC(CO)c1ccccc1F. The molecule has 0 aliphatic heterocycles. The molecule has 0 saturated carbocycles. The Labute approximate surface area is 74.3 Å². The van der Waals surface area contributed by atoms with Crippen molar-refractivity contribution in [2.24, 2.45) is 5.11 Å². The van der Waals surface area contributed by atoms with Gasteiger partial charge in [-0.05, 0) is 17.2 Å². The molecule has 0 radical (unpaired) electrons. The Balaban J connectivity index is 3.04. The first-order valence-electron chi connectivity index (χ1n) is 3.69. The molecule has 68 valence electrons. The van der Waals surface area contributed by atoms with Crippen molar-refractivity contribution in [2.45, 2.75) is 6.04 Å². The number of halogens is 1. The van der Waals surface area contributed by atoms with Crippen LogP contribution in [0.1, 0.15) is 11.6 Å². The molecule has 0 fully saturated rings. The van der Waals surface area contributed by atoms with Crippen molar-refractivity contribution in [3.8, 4) is 0 Å². The molecule has 0 amide bonds. The first-order valence-corrected chi connectivity index (χ1v) is 3.69. The molecule has 4 nitrogen and oxygen atoms in total. The summed E-state index contributed by atoms with van der Waals surface area (Å²) in [6.45, 7) is -0.398. The Kier molecular flexibility index (Phi) is 3.25. The van der Waals surface area contributed by atoms with Crippen LogP contribution in [0.25, 0.3) is 10.4 Å². The summed E-state index contributed by atoms with van der Waals surface area (Å²) in [5.74, 6) is -0.478. The molecule has 1 atom stereocenters. The molecule has 0 saturated heterocycles. The molecular weight excluding hydrogens is 173 g/mol. The number of rotatable bonds is 3. The third-order valence-corrected chi connectivity index (χ3v) is 1.63. The maximum absolute atomic E-state index is 13.1. The monoisotopic (exact) mass is 181 g/mol. The van der Waals surface area contributed by atoms with Crippen molar-refractivity contribution < 1.29 is 9.50 Å². The summed E-state index contributed by atoms with van der Waals surface area (Å²) in [4.78, 5) is 2.52. The Morgan fingerprint density at radius 2 is 2.23 bits per heavy atom. The van der Waals surface area contributed by atoms with E-state index in [0.29, 0.717) is 0 Å². The summed E-state index contributed by atoms with van der Waals surface area (Å²) in [7, 11) is 0. The molecule has 0 spiro atoms. The number of benzene rings is 1. The molecule has 1 aromatic carbocycles. The van der Waals surface area contributed by atoms with Gasteiger partial charge >= 0.3 is 0 Å². The van der Waals surface area contributed by atoms with Gasteiger partial charge in [0.25, 0.3) is 0 Å². The van der Waals surface area contributed by atoms with Crippen LogP contribution in [0.4, 0.5) is 4.39 Å². The van der Waals surface area contributed by atoms with Crippen molar-refractivity contribution in [3.63, 3.8) is 0 Å². The van der Waals surface area contributed by atoms with E-state index in [0.717, 1.165) is 0 Å². The van der Waals surface area contributed by atoms with E-state index in [-0.39, 0.29) is 5.56 Å². The second-order valence-electron chi connectivity index (χ2n) is 2.42. The fraction of sp³-hybridized carbons (Fsp3) is 0.250. The Hall–Kier alpha value is -1.58. The summed E-state index contributed by atoms with van der Waals surface area (Å²) in [6.07, 6.45) is 0. The van der Waals surface area contributed by atoms with Crippen LogP contribution in [0, 0.1) is 5.82 Å². The highest BCUT2D eigenvalue weighted by atomic mass is 19.1. The van der Waals surface area contributed by atoms with Gasteiger partial charge in [0.2, 0.25) is 0 Å². The fourth-order valence-corrected chi connectivity index (χ4v) is 1.00. The highest BCUT2D eigenvalue weighted by Gasteiger charge is 2.11. The van der Waals surface area contributed by atoms with Crippen LogP contribution in [0.2, 0.25) is 0 Å². The molecule has 1 rings (SSSR count). The highest BCUT2D eigenvalue weighted by molar-refractivity contribution is 5.21. The van der Waals surface area contributed by atoms with E-state index in [1.165, 1.54) is 18.2 Å². The Morgan fingerprint density at radius 1 is 1.54 bits per heavy atom. The number of aliphatic hydroxyl groups is 1. The van der Waals surface area contributed by atoms with Crippen molar-refractivity contribution in [1.82, 2.24) is 0 Å². The van der Waals surface area contributed by atoms with Gasteiger partial charge in [0.15, 0.2) is 0 Å². The van der Waals surface area contributed by atoms with Gasteiger partial charge in [-0.3, -0.25) is 0 Å². The Bertz CT molecular complexity index is 336. The highest BCUT2D eigenvalue weighted by Crippen LogP contribution is 2.19. The standard InChI is InChI=1S/C8H8FN3O/c9-7-4-2-1-3-6(7)8(5-13)11-12-10/h1-4,8,13H,5H2. The minimum atomic E-state index is -0.841. The number of hydrogen-bond donors (Lipinski definition) is 1. The van der Waals surface area contributed by atoms with Gasteiger partial charge in [0.1, 0.15) is 5.82 Å². The maximum atomic E-state index is 13.1. The van der Waals surface area contributed by atoms with Crippen LogP contribution in [0.3, 0.4) is 0 Å². The average molecular weight is 181 g/mol. The molecule has 1 unspecified atom stereocenters. The topological polar surface area (TPSA) is 69.0 Å². The summed E-state index contributed by atoms with van der Waals surface area (Å²) < 4.78 is 13.1. The molecule has 0 aliphatic rings. The van der Waals surface area contributed by atoms with Gasteiger partial charge < -0.3 is 5.11 Å². The number of nitrogens with zero attached hydrogens (tertiary/aromatic N) is 3. The predicted octanol–water partition coefficient (Wildman–Crippen LogP) is 2.17. The minimum absolute atomic E-state index is 0.211. The molecule has 0 aliphatic carbocycles. The summed E-state index contributed by atoms with van der Waals surface area (Å²) in [5, 5.41) is 12.1. The lowest BCUT2D eigenvalue weighted by atomic mass is 10.1.